The zero-order chi connectivity index (χ0) is 18.8. The highest BCUT2D eigenvalue weighted by molar-refractivity contribution is 5.38. The molecular weight excluding hydrogens is 338 g/mol. The van der Waals surface area contributed by atoms with Crippen LogP contribution in [-0.4, -0.2) is 41.2 Å². The second-order valence-electron chi connectivity index (χ2n) is 7.91. The second-order valence-corrected chi connectivity index (χ2v) is 7.91. The van der Waals surface area contributed by atoms with Crippen LogP contribution in [0.5, 0.6) is 11.6 Å². The molecule has 144 valence electrons. The summed E-state index contributed by atoms with van der Waals surface area (Å²) in [5.74, 6) is 2.09. The van der Waals surface area contributed by atoms with Crippen LogP contribution in [0.25, 0.3) is 0 Å². The summed E-state index contributed by atoms with van der Waals surface area (Å²) in [4.78, 5) is 11.6. The third-order valence-corrected chi connectivity index (χ3v) is 5.67. The van der Waals surface area contributed by atoms with Crippen LogP contribution in [0.4, 0.5) is 0 Å². The van der Waals surface area contributed by atoms with Gasteiger partial charge in [-0.15, -0.1) is 0 Å². The van der Waals surface area contributed by atoms with Crippen molar-refractivity contribution in [3.63, 3.8) is 0 Å². The second kappa shape index (κ2) is 7.85. The van der Waals surface area contributed by atoms with E-state index in [0.29, 0.717) is 31.1 Å². The first-order valence-electron chi connectivity index (χ1n) is 10.0. The van der Waals surface area contributed by atoms with Crippen LogP contribution < -0.4 is 9.47 Å². The minimum atomic E-state index is 0.331. The maximum Gasteiger partial charge on any atom is 0.257 e. The monoisotopic (exact) mass is 367 g/mol. The van der Waals surface area contributed by atoms with E-state index in [0.717, 1.165) is 36.6 Å². The van der Waals surface area contributed by atoms with Gasteiger partial charge in [0, 0.05) is 30.2 Å². The van der Waals surface area contributed by atoms with Gasteiger partial charge in [-0.25, -0.2) is 4.98 Å². The molecule has 1 saturated heterocycles. The Balaban J connectivity index is 1.44. The summed E-state index contributed by atoms with van der Waals surface area (Å²) < 4.78 is 11.3. The molecule has 0 spiro atoms. The highest BCUT2D eigenvalue weighted by atomic mass is 16.6. The van der Waals surface area contributed by atoms with Crippen LogP contribution in [0.3, 0.4) is 0 Å². The SMILES string of the molecule is Cc1cc(C[C@H]2CCCN([C@@H](C)c3cnc4c(c3)OCCO4)C2)cc(C)n1. The summed E-state index contributed by atoms with van der Waals surface area (Å²) in [6.45, 7) is 9.88. The summed E-state index contributed by atoms with van der Waals surface area (Å²) in [6, 6.07) is 6.91. The smallest absolute Gasteiger partial charge is 0.257 e. The summed E-state index contributed by atoms with van der Waals surface area (Å²) >= 11 is 0. The van der Waals surface area contributed by atoms with Crippen LogP contribution in [0, 0.1) is 19.8 Å². The Morgan fingerprint density at radius 2 is 1.93 bits per heavy atom. The number of likely N-dealkylation sites (tertiary alicyclic amines) is 1. The molecule has 2 atom stereocenters. The summed E-state index contributed by atoms with van der Waals surface area (Å²) in [7, 11) is 0. The molecule has 0 radical (unpaired) electrons. The third-order valence-electron chi connectivity index (χ3n) is 5.67. The molecule has 0 aromatic carbocycles. The van der Waals surface area contributed by atoms with E-state index in [1.807, 2.05) is 6.20 Å². The number of pyridine rings is 2. The average molecular weight is 367 g/mol. The zero-order valence-electron chi connectivity index (χ0n) is 16.6. The molecule has 0 saturated carbocycles. The van der Waals surface area contributed by atoms with E-state index in [4.69, 9.17) is 9.47 Å². The number of ether oxygens (including phenoxy) is 2. The van der Waals surface area contributed by atoms with E-state index < -0.39 is 0 Å². The van der Waals surface area contributed by atoms with Gasteiger partial charge in [0.1, 0.15) is 13.2 Å². The topological polar surface area (TPSA) is 47.5 Å². The van der Waals surface area contributed by atoms with Crippen molar-refractivity contribution in [2.75, 3.05) is 26.3 Å². The van der Waals surface area contributed by atoms with Crippen LogP contribution in [0.1, 0.15) is 48.3 Å². The van der Waals surface area contributed by atoms with Crippen LogP contribution in [0.2, 0.25) is 0 Å². The highest BCUT2D eigenvalue weighted by Crippen LogP contribution is 2.33. The van der Waals surface area contributed by atoms with Crippen molar-refractivity contribution in [2.24, 2.45) is 5.92 Å². The average Bonchev–Trinajstić information content (AvgIpc) is 2.66. The lowest BCUT2D eigenvalue weighted by Gasteiger charge is -2.37. The first-order chi connectivity index (χ1) is 13.1. The first kappa shape index (κ1) is 18.2. The van der Waals surface area contributed by atoms with Crippen LogP contribution in [-0.2, 0) is 6.42 Å². The Bertz CT molecular complexity index is 788. The Morgan fingerprint density at radius 3 is 2.74 bits per heavy atom. The van der Waals surface area contributed by atoms with Gasteiger partial charge in [0.05, 0.1) is 0 Å². The number of piperidine rings is 1. The number of nitrogens with zero attached hydrogens (tertiary/aromatic N) is 3. The fourth-order valence-corrected chi connectivity index (χ4v) is 4.38. The van der Waals surface area contributed by atoms with Gasteiger partial charge in [-0.05, 0) is 81.8 Å². The normalized spacial score (nSPS) is 21.1. The summed E-state index contributed by atoms with van der Waals surface area (Å²) in [6.07, 6.45) is 5.61. The van der Waals surface area contributed by atoms with Crippen molar-refractivity contribution in [3.05, 3.63) is 46.9 Å². The quantitative estimate of drug-likeness (QED) is 0.821. The van der Waals surface area contributed by atoms with E-state index in [1.54, 1.807) is 0 Å². The standard InChI is InChI=1S/C22H29N3O2/c1-15-9-19(10-16(2)24-15)11-18-5-4-6-25(14-18)17(3)20-12-21-22(23-13-20)27-8-7-26-21/h9-10,12-13,17-18H,4-8,11,14H2,1-3H3/t17-,18+/m0/s1. The Kier molecular flexibility index (Phi) is 5.30. The van der Waals surface area contributed by atoms with Gasteiger partial charge in [0.25, 0.3) is 5.88 Å². The molecule has 0 bridgehead atoms. The van der Waals surface area contributed by atoms with Gasteiger partial charge < -0.3 is 9.47 Å². The van der Waals surface area contributed by atoms with Crippen molar-refractivity contribution in [1.82, 2.24) is 14.9 Å². The van der Waals surface area contributed by atoms with E-state index >= 15 is 0 Å². The van der Waals surface area contributed by atoms with E-state index in [2.05, 4.69) is 53.8 Å². The molecule has 4 heterocycles. The van der Waals surface area contributed by atoms with Crippen LogP contribution in [0.15, 0.2) is 24.4 Å². The van der Waals surface area contributed by atoms with Gasteiger partial charge in [-0.2, -0.15) is 0 Å². The lowest BCUT2D eigenvalue weighted by Crippen LogP contribution is -2.38. The molecule has 5 heteroatoms. The molecule has 2 aromatic rings. The molecule has 0 N–H and O–H groups in total. The van der Waals surface area contributed by atoms with Gasteiger partial charge >= 0.3 is 0 Å². The van der Waals surface area contributed by atoms with Gasteiger partial charge in [0.15, 0.2) is 5.75 Å². The van der Waals surface area contributed by atoms with Crippen LogP contribution >= 0.6 is 0 Å². The lowest BCUT2D eigenvalue weighted by molar-refractivity contribution is 0.129. The van der Waals surface area contributed by atoms with E-state index in [9.17, 15) is 0 Å². The highest BCUT2D eigenvalue weighted by Gasteiger charge is 2.26. The molecule has 2 aliphatic heterocycles. The minimum Gasteiger partial charge on any atom is -0.484 e. The fourth-order valence-electron chi connectivity index (χ4n) is 4.38. The molecule has 2 aromatic heterocycles. The minimum absolute atomic E-state index is 0.331. The number of rotatable bonds is 4. The van der Waals surface area contributed by atoms with Crippen molar-refractivity contribution < 1.29 is 9.47 Å². The number of hydrogen-bond acceptors (Lipinski definition) is 5. The molecule has 5 nitrogen and oxygen atoms in total. The fraction of sp³-hybridized carbons (Fsp3) is 0.545. The number of aryl methyl sites for hydroxylation is 2. The van der Waals surface area contributed by atoms with Gasteiger partial charge in [-0.3, -0.25) is 9.88 Å². The van der Waals surface area contributed by atoms with E-state index in [1.165, 1.54) is 24.0 Å². The van der Waals surface area contributed by atoms with Crippen molar-refractivity contribution in [3.8, 4) is 11.6 Å². The number of aromatic nitrogens is 2. The molecule has 27 heavy (non-hydrogen) atoms. The maximum atomic E-state index is 5.71. The molecule has 0 unspecified atom stereocenters. The Hall–Kier alpha value is -2.14. The van der Waals surface area contributed by atoms with Crippen molar-refractivity contribution in [2.45, 2.75) is 46.1 Å². The molecule has 1 fully saturated rings. The van der Waals surface area contributed by atoms with Crippen molar-refractivity contribution in [1.29, 1.82) is 0 Å². The number of fused-ring (bicyclic) bond motifs is 1. The van der Waals surface area contributed by atoms with E-state index in [-0.39, 0.29) is 0 Å². The number of hydrogen-bond donors (Lipinski definition) is 0. The molecule has 0 amide bonds. The predicted octanol–water partition coefficient (Wildman–Crippen LogP) is 3.88. The zero-order valence-corrected chi connectivity index (χ0v) is 16.6. The molecule has 4 rings (SSSR count). The predicted molar refractivity (Wildman–Crippen MR) is 105 cm³/mol. The first-order valence-corrected chi connectivity index (χ1v) is 10.0. The Labute approximate surface area is 161 Å². The third kappa shape index (κ3) is 4.24. The Morgan fingerprint density at radius 1 is 1.15 bits per heavy atom. The largest absolute Gasteiger partial charge is 0.484 e. The molecule has 0 aliphatic carbocycles. The van der Waals surface area contributed by atoms with Crippen molar-refractivity contribution >= 4 is 0 Å². The summed E-state index contributed by atoms with van der Waals surface area (Å²) in [5.41, 5.74) is 4.86. The lowest BCUT2D eigenvalue weighted by atomic mass is 9.90. The molecular formula is C22H29N3O2. The maximum absolute atomic E-state index is 5.71. The molecule has 2 aliphatic rings. The van der Waals surface area contributed by atoms with Gasteiger partial charge in [-0.1, -0.05) is 0 Å². The summed E-state index contributed by atoms with van der Waals surface area (Å²) in [5, 5.41) is 0. The van der Waals surface area contributed by atoms with Gasteiger partial charge in [0.2, 0.25) is 0 Å².